The third-order valence-electron chi connectivity index (χ3n) is 4.62. The van der Waals surface area contributed by atoms with E-state index in [1.807, 2.05) is 19.1 Å². The Balaban J connectivity index is 1.60. The number of nitrogens with zero attached hydrogens (tertiary/aromatic N) is 2. The number of aromatic nitrogens is 1. The quantitative estimate of drug-likeness (QED) is 0.912. The molecule has 0 spiro atoms. The van der Waals surface area contributed by atoms with E-state index in [0.717, 1.165) is 44.0 Å². The van der Waals surface area contributed by atoms with Gasteiger partial charge in [-0.15, -0.1) is 0 Å². The van der Waals surface area contributed by atoms with E-state index >= 15 is 0 Å². The fourth-order valence-corrected chi connectivity index (χ4v) is 3.59. The van der Waals surface area contributed by atoms with Gasteiger partial charge in [0.25, 0.3) is 0 Å². The van der Waals surface area contributed by atoms with Crippen molar-refractivity contribution in [3.63, 3.8) is 0 Å². The lowest BCUT2D eigenvalue weighted by molar-refractivity contribution is -0.126. The Morgan fingerprint density at radius 3 is 3.04 bits per heavy atom. The molecule has 1 saturated heterocycles. The van der Waals surface area contributed by atoms with E-state index in [-0.39, 0.29) is 11.8 Å². The molecule has 4 nitrogen and oxygen atoms in total. The van der Waals surface area contributed by atoms with Gasteiger partial charge in [0, 0.05) is 48.3 Å². The molecule has 1 aromatic heterocycles. The first kappa shape index (κ1) is 16.3. The summed E-state index contributed by atoms with van der Waals surface area (Å²) in [6.07, 6.45) is 4.23. The topological polar surface area (TPSA) is 37.3 Å². The van der Waals surface area contributed by atoms with Crippen LogP contribution in [0.3, 0.4) is 0 Å². The van der Waals surface area contributed by atoms with Crippen molar-refractivity contribution in [2.75, 3.05) is 26.2 Å². The van der Waals surface area contributed by atoms with E-state index in [1.54, 1.807) is 0 Å². The van der Waals surface area contributed by atoms with Gasteiger partial charge in [-0.2, -0.15) is 0 Å². The van der Waals surface area contributed by atoms with E-state index in [4.69, 9.17) is 11.6 Å². The number of rotatable bonds is 5. The summed E-state index contributed by atoms with van der Waals surface area (Å²) in [5.74, 6) is 0.349. The molecule has 1 amide bonds. The Bertz CT molecular complexity index is 682. The molecule has 5 heteroatoms. The smallest absolute Gasteiger partial charge is 0.224 e. The Labute approximate surface area is 142 Å². The molecule has 1 fully saturated rings. The van der Waals surface area contributed by atoms with Gasteiger partial charge in [-0.1, -0.05) is 11.6 Å². The third kappa shape index (κ3) is 3.88. The maximum absolute atomic E-state index is 12.0. The monoisotopic (exact) mass is 333 g/mol. The van der Waals surface area contributed by atoms with Crippen molar-refractivity contribution < 1.29 is 4.79 Å². The molecule has 0 saturated carbocycles. The summed E-state index contributed by atoms with van der Waals surface area (Å²) >= 11 is 6.04. The molecule has 124 valence electrons. The maximum atomic E-state index is 12.0. The van der Waals surface area contributed by atoms with Crippen molar-refractivity contribution >= 4 is 28.4 Å². The highest BCUT2D eigenvalue weighted by molar-refractivity contribution is 6.31. The van der Waals surface area contributed by atoms with Crippen molar-refractivity contribution in [2.24, 2.45) is 5.92 Å². The number of likely N-dealkylation sites (tertiary alicyclic amines) is 1. The van der Waals surface area contributed by atoms with Gasteiger partial charge in [0.2, 0.25) is 5.91 Å². The van der Waals surface area contributed by atoms with Crippen LogP contribution in [0.15, 0.2) is 30.5 Å². The molecule has 1 aromatic carbocycles. The van der Waals surface area contributed by atoms with Gasteiger partial charge in [-0.05, 0) is 50.6 Å². The van der Waals surface area contributed by atoms with E-state index in [0.29, 0.717) is 6.54 Å². The molecule has 0 unspecified atom stereocenters. The van der Waals surface area contributed by atoms with Gasteiger partial charge in [-0.3, -0.25) is 4.79 Å². The highest BCUT2D eigenvalue weighted by Gasteiger charge is 2.25. The Hall–Kier alpha value is -1.52. The molecule has 2 heterocycles. The third-order valence-corrected chi connectivity index (χ3v) is 4.85. The van der Waals surface area contributed by atoms with Crippen molar-refractivity contribution in [1.29, 1.82) is 0 Å². The molecule has 2 aromatic rings. The summed E-state index contributed by atoms with van der Waals surface area (Å²) in [4.78, 5) is 14.4. The molecule has 3 rings (SSSR count). The van der Waals surface area contributed by atoms with Crippen LogP contribution >= 0.6 is 11.6 Å². The number of benzene rings is 1. The molecular weight excluding hydrogens is 310 g/mol. The first-order chi connectivity index (χ1) is 11.2. The Morgan fingerprint density at radius 1 is 1.35 bits per heavy atom. The van der Waals surface area contributed by atoms with Crippen LogP contribution in [0.2, 0.25) is 5.02 Å². The van der Waals surface area contributed by atoms with Crippen LogP contribution in [-0.4, -0.2) is 41.6 Å². The fraction of sp³-hybridized carbons (Fsp3) is 0.500. The first-order valence-electron chi connectivity index (χ1n) is 8.42. The van der Waals surface area contributed by atoms with E-state index in [1.165, 1.54) is 10.9 Å². The number of fused-ring (bicyclic) bond motifs is 1. The largest absolute Gasteiger partial charge is 0.356 e. The van der Waals surface area contributed by atoms with Crippen LogP contribution in [-0.2, 0) is 11.3 Å². The number of amides is 1. The number of carbonyl (C=O) groups excluding carboxylic acids is 1. The van der Waals surface area contributed by atoms with Crippen molar-refractivity contribution in [2.45, 2.75) is 26.3 Å². The number of halogens is 1. The molecule has 0 aliphatic carbocycles. The van der Waals surface area contributed by atoms with Crippen LogP contribution in [0.5, 0.6) is 0 Å². The normalized spacial score (nSPS) is 19.1. The van der Waals surface area contributed by atoms with Crippen molar-refractivity contribution in [1.82, 2.24) is 14.8 Å². The van der Waals surface area contributed by atoms with Gasteiger partial charge < -0.3 is 14.8 Å². The van der Waals surface area contributed by atoms with Crippen LogP contribution < -0.4 is 5.32 Å². The molecule has 0 bridgehead atoms. The Morgan fingerprint density at radius 2 is 2.22 bits per heavy atom. The molecule has 1 N–H and O–H groups in total. The van der Waals surface area contributed by atoms with Crippen LogP contribution in [0.4, 0.5) is 0 Å². The standard InChI is InChI=1S/C18H24ClN3O/c1-2-20-18(23)15-4-3-8-21(13-15)10-11-22-9-7-14-12-16(19)5-6-17(14)22/h5-7,9,12,15H,2-4,8,10-11,13H2,1H3,(H,20,23)/t15-/m0/s1. The van der Waals surface area contributed by atoms with Gasteiger partial charge in [0.15, 0.2) is 0 Å². The average Bonchev–Trinajstić information content (AvgIpc) is 2.95. The number of hydrogen-bond donors (Lipinski definition) is 1. The summed E-state index contributed by atoms with van der Waals surface area (Å²) in [5, 5.41) is 4.90. The zero-order valence-electron chi connectivity index (χ0n) is 13.6. The summed E-state index contributed by atoms with van der Waals surface area (Å²) < 4.78 is 2.27. The van der Waals surface area contributed by atoms with Gasteiger partial charge in [0.1, 0.15) is 0 Å². The molecule has 23 heavy (non-hydrogen) atoms. The minimum absolute atomic E-state index is 0.143. The Kier molecular flexibility index (Phi) is 5.23. The minimum atomic E-state index is 0.143. The van der Waals surface area contributed by atoms with Gasteiger partial charge >= 0.3 is 0 Å². The average molecular weight is 334 g/mol. The maximum Gasteiger partial charge on any atom is 0.224 e. The lowest BCUT2D eigenvalue weighted by Gasteiger charge is -2.32. The lowest BCUT2D eigenvalue weighted by Crippen LogP contribution is -2.43. The minimum Gasteiger partial charge on any atom is -0.356 e. The van der Waals surface area contributed by atoms with Crippen LogP contribution in [0.1, 0.15) is 19.8 Å². The first-order valence-corrected chi connectivity index (χ1v) is 8.79. The number of nitrogens with one attached hydrogen (secondary N) is 1. The molecular formula is C18H24ClN3O. The number of carbonyl (C=O) groups is 1. The van der Waals surface area contributed by atoms with Crippen LogP contribution in [0.25, 0.3) is 10.9 Å². The number of piperidine rings is 1. The van der Waals surface area contributed by atoms with Crippen molar-refractivity contribution in [3.05, 3.63) is 35.5 Å². The summed E-state index contributed by atoms with van der Waals surface area (Å²) in [6, 6.07) is 8.12. The van der Waals surface area contributed by atoms with Crippen LogP contribution in [0, 0.1) is 5.92 Å². The highest BCUT2D eigenvalue weighted by atomic mass is 35.5. The molecule has 1 aliphatic rings. The van der Waals surface area contributed by atoms with E-state index in [2.05, 4.69) is 33.1 Å². The van der Waals surface area contributed by atoms with Gasteiger partial charge in [-0.25, -0.2) is 0 Å². The second kappa shape index (κ2) is 7.37. The number of hydrogen-bond acceptors (Lipinski definition) is 2. The van der Waals surface area contributed by atoms with E-state index in [9.17, 15) is 4.79 Å². The second-order valence-electron chi connectivity index (χ2n) is 6.25. The fourth-order valence-electron chi connectivity index (χ4n) is 3.41. The zero-order chi connectivity index (χ0) is 16.2. The second-order valence-corrected chi connectivity index (χ2v) is 6.68. The van der Waals surface area contributed by atoms with E-state index < -0.39 is 0 Å². The summed E-state index contributed by atoms with van der Waals surface area (Å²) in [6.45, 7) is 6.56. The van der Waals surface area contributed by atoms with Crippen molar-refractivity contribution in [3.8, 4) is 0 Å². The highest BCUT2D eigenvalue weighted by Crippen LogP contribution is 2.21. The predicted molar refractivity (Wildman–Crippen MR) is 94.8 cm³/mol. The SMILES string of the molecule is CCNC(=O)[C@H]1CCCN(CCn2ccc3cc(Cl)ccc32)C1. The lowest BCUT2D eigenvalue weighted by atomic mass is 9.97. The predicted octanol–water partition coefficient (Wildman–Crippen LogP) is 3.14. The summed E-state index contributed by atoms with van der Waals surface area (Å²) in [7, 11) is 0. The molecule has 0 radical (unpaired) electrons. The molecule has 1 aliphatic heterocycles. The zero-order valence-corrected chi connectivity index (χ0v) is 14.4. The molecule has 1 atom stereocenters. The summed E-state index contributed by atoms with van der Waals surface area (Å²) in [5.41, 5.74) is 1.21. The van der Waals surface area contributed by atoms with Gasteiger partial charge in [0.05, 0.1) is 5.92 Å².